The van der Waals surface area contributed by atoms with Gasteiger partial charge in [-0.2, -0.15) is 0 Å². The number of nitrogens with zero attached hydrogens (tertiary/aromatic N) is 2. The van der Waals surface area contributed by atoms with Gasteiger partial charge in [-0.15, -0.1) is 0 Å². The Labute approximate surface area is 138 Å². The van der Waals surface area contributed by atoms with Crippen LogP contribution in [0.1, 0.15) is 20.3 Å². The molecule has 1 N–H and O–H groups in total. The summed E-state index contributed by atoms with van der Waals surface area (Å²) < 4.78 is 10.7. The van der Waals surface area contributed by atoms with E-state index in [-0.39, 0.29) is 12.1 Å². The van der Waals surface area contributed by atoms with Crippen molar-refractivity contribution in [2.75, 3.05) is 45.3 Å². The molecule has 1 aromatic rings. The molecule has 6 nitrogen and oxygen atoms in total. The van der Waals surface area contributed by atoms with E-state index < -0.39 is 0 Å². The van der Waals surface area contributed by atoms with Crippen molar-refractivity contribution in [3.63, 3.8) is 0 Å². The number of carbonyl (C=O) groups is 1. The number of anilines is 1. The molecule has 0 saturated carbocycles. The van der Waals surface area contributed by atoms with Crippen molar-refractivity contribution in [2.24, 2.45) is 0 Å². The molecule has 0 bridgehead atoms. The molecule has 1 atom stereocenters. The van der Waals surface area contributed by atoms with E-state index in [4.69, 9.17) is 9.47 Å². The fourth-order valence-electron chi connectivity index (χ4n) is 2.60. The molecule has 2 rings (SSSR count). The minimum absolute atomic E-state index is 0.0284. The number of urea groups is 1. The normalized spacial score (nSPS) is 16.0. The Kier molecular flexibility index (Phi) is 5.96. The number of carbonyl (C=O) groups excluding carboxylic acids is 1. The molecule has 1 saturated heterocycles. The molecular weight excluding hydrogens is 294 g/mol. The maximum atomic E-state index is 12.2. The number of amides is 2. The molecule has 1 aliphatic rings. The number of benzene rings is 1. The topological polar surface area (TPSA) is 54.0 Å². The molecule has 6 heteroatoms. The first-order chi connectivity index (χ1) is 11.1. The van der Waals surface area contributed by atoms with Gasteiger partial charge in [0.2, 0.25) is 0 Å². The number of ether oxygens (including phenoxy) is 2. The number of hydrogen-bond acceptors (Lipinski definition) is 4. The van der Waals surface area contributed by atoms with Gasteiger partial charge in [0, 0.05) is 38.3 Å². The Bertz CT molecular complexity index is 528. The zero-order chi connectivity index (χ0) is 16.8. The summed E-state index contributed by atoms with van der Waals surface area (Å²) in [5.41, 5.74) is 1.04. The molecule has 0 spiro atoms. The van der Waals surface area contributed by atoms with Crippen molar-refractivity contribution in [1.82, 2.24) is 10.2 Å². The predicted molar refractivity (Wildman–Crippen MR) is 91.6 cm³/mol. The van der Waals surface area contributed by atoms with Crippen LogP contribution in [-0.4, -0.2) is 57.4 Å². The summed E-state index contributed by atoms with van der Waals surface area (Å²) in [6.07, 6.45) is 0.939. The van der Waals surface area contributed by atoms with Crippen LogP contribution in [0.5, 0.6) is 11.5 Å². The molecule has 1 fully saturated rings. The number of methoxy groups -OCH3 is 2. The molecule has 1 aliphatic heterocycles. The molecule has 23 heavy (non-hydrogen) atoms. The fraction of sp³-hybridized carbons (Fsp3) is 0.588. The molecule has 0 aliphatic carbocycles. The Morgan fingerprint density at radius 1 is 1.22 bits per heavy atom. The lowest BCUT2D eigenvalue weighted by Crippen LogP contribution is -2.53. The predicted octanol–water partition coefficient (Wildman–Crippen LogP) is 2.33. The monoisotopic (exact) mass is 321 g/mol. The third kappa shape index (κ3) is 4.21. The summed E-state index contributed by atoms with van der Waals surface area (Å²) in [6, 6.07) is 6.06. The third-order valence-corrected chi connectivity index (χ3v) is 4.28. The van der Waals surface area contributed by atoms with Crippen molar-refractivity contribution in [3.8, 4) is 11.5 Å². The smallest absolute Gasteiger partial charge is 0.317 e. The van der Waals surface area contributed by atoms with E-state index in [0.29, 0.717) is 13.1 Å². The van der Waals surface area contributed by atoms with Crippen molar-refractivity contribution >= 4 is 11.7 Å². The average molecular weight is 321 g/mol. The molecule has 1 aromatic carbocycles. The highest BCUT2D eigenvalue weighted by molar-refractivity contribution is 5.75. The van der Waals surface area contributed by atoms with Gasteiger partial charge in [0.05, 0.1) is 19.9 Å². The molecule has 0 aromatic heterocycles. The van der Waals surface area contributed by atoms with E-state index in [1.165, 1.54) is 0 Å². The third-order valence-electron chi connectivity index (χ3n) is 4.28. The maximum absolute atomic E-state index is 12.2. The molecule has 128 valence electrons. The lowest BCUT2D eigenvalue weighted by Gasteiger charge is -2.37. The SMILES string of the molecule is CCC(C)NC(=O)N1CCN(c2ccc(OC)cc2OC)CC1. The first-order valence-corrected chi connectivity index (χ1v) is 8.11. The van der Waals surface area contributed by atoms with Crippen LogP contribution in [0.25, 0.3) is 0 Å². The van der Waals surface area contributed by atoms with Gasteiger partial charge in [0.25, 0.3) is 0 Å². The van der Waals surface area contributed by atoms with E-state index in [1.807, 2.05) is 30.0 Å². The van der Waals surface area contributed by atoms with Gasteiger partial charge in [-0.3, -0.25) is 0 Å². The summed E-state index contributed by atoms with van der Waals surface area (Å²) in [4.78, 5) is 16.3. The highest BCUT2D eigenvalue weighted by atomic mass is 16.5. The lowest BCUT2D eigenvalue weighted by molar-refractivity contribution is 0.190. The first kappa shape index (κ1) is 17.2. The van der Waals surface area contributed by atoms with E-state index in [9.17, 15) is 4.79 Å². The quantitative estimate of drug-likeness (QED) is 0.904. The van der Waals surface area contributed by atoms with Crippen LogP contribution in [0.4, 0.5) is 10.5 Å². The maximum Gasteiger partial charge on any atom is 0.317 e. The first-order valence-electron chi connectivity index (χ1n) is 8.11. The van der Waals surface area contributed by atoms with Crippen LogP contribution in [0.3, 0.4) is 0 Å². The second-order valence-corrected chi connectivity index (χ2v) is 5.77. The van der Waals surface area contributed by atoms with Gasteiger partial charge in [0.15, 0.2) is 0 Å². The van der Waals surface area contributed by atoms with Crippen molar-refractivity contribution in [3.05, 3.63) is 18.2 Å². The van der Waals surface area contributed by atoms with Gasteiger partial charge in [0.1, 0.15) is 11.5 Å². The van der Waals surface area contributed by atoms with E-state index >= 15 is 0 Å². The van der Waals surface area contributed by atoms with Crippen molar-refractivity contribution in [1.29, 1.82) is 0 Å². The fourth-order valence-corrected chi connectivity index (χ4v) is 2.60. The van der Waals surface area contributed by atoms with Crippen molar-refractivity contribution < 1.29 is 14.3 Å². The van der Waals surface area contributed by atoms with Gasteiger partial charge < -0.3 is 24.6 Å². The van der Waals surface area contributed by atoms with Crippen LogP contribution < -0.4 is 19.7 Å². The van der Waals surface area contributed by atoms with E-state index in [2.05, 4.69) is 17.1 Å². The Hall–Kier alpha value is -2.11. The molecular formula is C17H27N3O3. The highest BCUT2D eigenvalue weighted by Gasteiger charge is 2.23. The van der Waals surface area contributed by atoms with E-state index in [0.717, 1.165) is 36.7 Å². The van der Waals surface area contributed by atoms with Gasteiger partial charge in [-0.1, -0.05) is 6.92 Å². The number of nitrogens with one attached hydrogen (secondary N) is 1. The van der Waals surface area contributed by atoms with Crippen LogP contribution in [0.15, 0.2) is 18.2 Å². The van der Waals surface area contributed by atoms with Crippen LogP contribution in [-0.2, 0) is 0 Å². The van der Waals surface area contributed by atoms with Gasteiger partial charge in [-0.05, 0) is 25.5 Å². The zero-order valence-corrected chi connectivity index (χ0v) is 14.5. The largest absolute Gasteiger partial charge is 0.497 e. The second kappa shape index (κ2) is 7.94. The van der Waals surface area contributed by atoms with E-state index in [1.54, 1.807) is 14.2 Å². The summed E-state index contributed by atoms with van der Waals surface area (Å²) in [6.45, 7) is 7.08. The number of piperazine rings is 1. The lowest BCUT2D eigenvalue weighted by atomic mass is 10.2. The molecule has 1 unspecified atom stereocenters. The summed E-state index contributed by atoms with van der Waals surface area (Å²) >= 11 is 0. The molecule has 0 radical (unpaired) electrons. The summed E-state index contributed by atoms with van der Waals surface area (Å²) in [5.74, 6) is 1.57. The van der Waals surface area contributed by atoms with Gasteiger partial charge in [-0.25, -0.2) is 4.79 Å². The second-order valence-electron chi connectivity index (χ2n) is 5.77. The van der Waals surface area contributed by atoms with Crippen LogP contribution in [0, 0.1) is 0 Å². The minimum atomic E-state index is 0.0284. The molecule has 2 amide bonds. The Morgan fingerprint density at radius 3 is 2.48 bits per heavy atom. The standard InChI is InChI=1S/C17H27N3O3/c1-5-13(2)18-17(21)20-10-8-19(9-11-20)15-7-6-14(22-3)12-16(15)23-4/h6-7,12-13H,5,8-11H2,1-4H3,(H,18,21). The Balaban J connectivity index is 1.98. The highest BCUT2D eigenvalue weighted by Crippen LogP contribution is 2.32. The number of rotatable bonds is 5. The molecule has 1 heterocycles. The Morgan fingerprint density at radius 2 is 1.91 bits per heavy atom. The average Bonchev–Trinajstić information content (AvgIpc) is 2.61. The van der Waals surface area contributed by atoms with Crippen LogP contribution >= 0.6 is 0 Å². The summed E-state index contributed by atoms with van der Waals surface area (Å²) in [5, 5.41) is 3.02. The summed E-state index contributed by atoms with van der Waals surface area (Å²) in [7, 11) is 3.30. The van der Waals surface area contributed by atoms with Gasteiger partial charge >= 0.3 is 6.03 Å². The van der Waals surface area contributed by atoms with Crippen LogP contribution in [0.2, 0.25) is 0 Å². The number of hydrogen-bond donors (Lipinski definition) is 1. The zero-order valence-electron chi connectivity index (χ0n) is 14.5. The van der Waals surface area contributed by atoms with Crippen molar-refractivity contribution in [2.45, 2.75) is 26.3 Å². The minimum Gasteiger partial charge on any atom is -0.497 e.